The molecule has 0 radical (unpaired) electrons. The average Bonchev–Trinajstić information content (AvgIpc) is 3.41. The normalized spacial score (nSPS) is 15.3. The first-order chi connectivity index (χ1) is 15.3. The van der Waals surface area contributed by atoms with E-state index in [9.17, 15) is 13.2 Å². The zero-order valence-electron chi connectivity index (χ0n) is 18.2. The molecule has 9 heteroatoms. The highest BCUT2D eigenvalue weighted by atomic mass is 32.2. The number of nitrogens with zero attached hydrogens (tertiary/aromatic N) is 3. The Labute approximate surface area is 187 Å². The number of carbonyl (C=O) groups excluding carboxylic acids is 1. The molecule has 2 aromatic heterocycles. The minimum absolute atomic E-state index is 0.500. The Morgan fingerprint density at radius 3 is 2.78 bits per heavy atom. The lowest BCUT2D eigenvalue weighted by Gasteiger charge is -2.15. The second-order valence-corrected chi connectivity index (χ2v) is 9.85. The van der Waals surface area contributed by atoms with Crippen molar-refractivity contribution < 1.29 is 13.2 Å². The van der Waals surface area contributed by atoms with E-state index in [4.69, 9.17) is 0 Å². The summed E-state index contributed by atoms with van der Waals surface area (Å²) >= 11 is 0. The average molecular weight is 454 g/mol. The SMILES string of the molecule is C=CC(NCC1CC1)S(=O)(=O)NC(=O)/C=C/c1c(C)nn(C)c1-n1ccc2ccccc21. The number of hydrogen-bond donors (Lipinski definition) is 2. The Kier molecular flexibility index (Phi) is 6.03. The Morgan fingerprint density at radius 2 is 2.06 bits per heavy atom. The number of sulfonamides is 1. The van der Waals surface area contributed by atoms with Crippen molar-refractivity contribution in [3.8, 4) is 5.82 Å². The van der Waals surface area contributed by atoms with Crippen LogP contribution in [-0.4, -0.2) is 40.6 Å². The molecule has 3 aromatic rings. The van der Waals surface area contributed by atoms with E-state index < -0.39 is 21.3 Å². The molecule has 1 atom stereocenters. The van der Waals surface area contributed by atoms with Gasteiger partial charge in [0.25, 0.3) is 15.9 Å². The molecule has 1 unspecified atom stereocenters. The number of rotatable bonds is 9. The number of carbonyl (C=O) groups is 1. The summed E-state index contributed by atoms with van der Waals surface area (Å²) in [6.45, 7) is 6.02. The maximum Gasteiger partial charge on any atom is 0.257 e. The number of para-hydroxylation sites is 1. The van der Waals surface area contributed by atoms with Crippen LogP contribution in [0.25, 0.3) is 22.8 Å². The second-order valence-electron chi connectivity index (χ2n) is 8.04. The minimum atomic E-state index is -3.94. The van der Waals surface area contributed by atoms with Crippen LogP contribution in [-0.2, 0) is 21.9 Å². The summed E-state index contributed by atoms with van der Waals surface area (Å²) in [5, 5.41) is 7.49. The first-order valence-corrected chi connectivity index (χ1v) is 12.0. The van der Waals surface area contributed by atoms with Gasteiger partial charge < -0.3 is 4.57 Å². The molecule has 0 aliphatic heterocycles. The fourth-order valence-corrected chi connectivity index (χ4v) is 4.78. The van der Waals surface area contributed by atoms with Gasteiger partial charge in [0.05, 0.1) is 11.2 Å². The molecule has 1 aliphatic carbocycles. The lowest BCUT2D eigenvalue weighted by molar-refractivity contribution is -0.114. The Bertz CT molecular complexity index is 1300. The molecule has 1 saturated carbocycles. The third-order valence-electron chi connectivity index (χ3n) is 5.56. The van der Waals surface area contributed by atoms with Gasteiger partial charge in [-0.15, -0.1) is 6.58 Å². The molecule has 168 valence electrons. The van der Waals surface area contributed by atoms with Gasteiger partial charge in [0.2, 0.25) is 0 Å². The fourth-order valence-electron chi connectivity index (χ4n) is 3.73. The number of nitrogens with one attached hydrogen (secondary N) is 2. The van der Waals surface area contributed by atoms with Crippen LogP contribution in [0.5, 0.6) is 0 Å². The highest BCUT2D eigenvalue weighted by Crippen LogP contribution is 2.28. The van der Waals surface area contributed by atoms with Crippen molar-refractivity contribution in [2.45, 2.75) is 25.1 Å². The van der Waals surface area contributed by atoms with Crippen LogP contribution < -0.4 is 10.0 Å². The lowest BCUT2D eigenvalue weighted by Crippen LogP contribution is -2.44. The van der Waals surface area contributed by atoms with Crippen molar-refractivity contribution in [1.82, 2.24) is 24.4 Å². The Hall–Kier alpha value is -3.17. The van der Waals surface area contributed by atoms with Gasteiger partial charge in [-0.3, -0.25) is 14.8 Å². The number of benzene rings is 1. The largest absolute Gasteiger partial charge is 0.301 e. The molecule has 32 heavy (non-hydrogen) atoms. The van der Waals surface area contributed by atoms with Crippen LogP contribution in [0.15, 0.2) is 55.3 Å². The first-order valence-electron chi connectivity index (χ1n) is 10.5. The molecule has 2 heterocycles. The van der Waals surface area contributed by atoms with Crippen molar-refractivity contribution in [2.75, 3.05) is 6.54 Å². The van der Waals surface area contributed by atoms with Crippen molar-refractivity contribution in [2.24, 2.45) is 13.0 Å². The smallest absolute Gasteiger partial charge is 0.257 e. The van der Waals surface area contributed by atoms with E-state index in [0.29, 0.717) is 12.5 Å². The maximum absolute atomic E-state index is 12.6. The van der Waals surface area contributed by atoms with Crippen LogP contribution >= 0.6 is 0 Å². The van der Waals surface area contributed by atoms with Crippen molar-refractivity contribution >= 4 is 32.9 Å². The first kappa shape index (κ1) is 22.0. The van der Waals surface area contributed by atoms with Crippen molar-refractivity contribution in [3.63, 3.8) is 0 Å². The zero-order chi connectivity index (χ0) is 22.9. The van der Waals surface area contributed by atoms with Crippen molar-refractivity contribution in [1.29, 1.82) is 0 Å². The van der Waals surface area contributed by atoms with Gasteiger partial charge in [-0.1, -0.05) is 24.3 Å². The van der Waals surface area contributed by atoms with Gasteiger partial charge in [0.15, 0.2) is 0 Å². The van der Waals surface area contributed by atoms with Gasteiger partial charge in [0, 0.05) is 24.9 Å². The summed E-state index contributed by atoms with van der Waals surface area (Å²) in [5.41, 5.74) is 2.46. The van der Waals surface area contributed by atoms with Crippen molar-refractivity contribution in [3.05, 3.63) is 66.5 Å². The van der Waals surface area contributed by atoms with E-state index in [0.717, 1.165) is 40.8 Å². The van der Waals surface area contributed by atoms with Gasteiger partial charge in [-0.05, 0) is 55.8 Å². The van der Waals surface area contributed by atoms with Crippen LogP contribution in [0.4, 0.5) is 0 Å². The molecule has 8 nitrogen and oxygen atoms in total. The molecular formula is C23H27N5O3S. The molecule has 2 N–H and O–H groups in total. The third-order valence-corrected chi connectivity index (χ3v) is 7.08. The fraction of sp³-hybridized carbons (Fsp3) is 0.304. The van der Waals surface area contributed by atoms with Crippen LogP contribution in [0.3, 0.4) is 0 Å². The van der Waals surface area contributed by atoms with Gasteiger partial charge in [-0.25, -0.2) is 13.1 Å². The molecule has 1 aromatic carbocycles. The molecule has 1 fully saturated rings. The summed E-state index contributed by atoms with van der Waals surface area (Å²) in [6, 6.07) is 9.98. The number of fused-ring (bicyclic) bond motifs is 1. The van der Waals surface area contributed by atoms with E-state index in [1.807, 2.05) is 55.1 Å². The van der Waals surface area contributed by atoms with E-state index in [1.165, 1.54) is 12.2 Å². The summed E-state index contributed by atoms with van der Waals surface area (Å²) in [6.07, 6.45) is 8.24. The predicted octanol–water partition coefficient (Wildman–Crippen LogP) is 2.64. The highest BCUT2D eigenvalue weighted by Gasteiger charge is 2.27. The topological polar surface area (TPSA) is 98.0 Å². The number of aryl methyl sites for hydroxylation is 2. The zero-order valence-corrected chi connectivity index (χ0v) is 19.0. The highest BCUT2D eigenvalue weighted by molar-refractivity contribution is 7.90. The summed E-state index contributed by atoms with van der Waals surface area (Å²) in [4.78, 5) is 12.5. The minimum Gasteiger partial charge on any atom is -0.301 e. The van der Waals surface area contributed by atoms with E-state index in [1.54, 1.807) is 10.8 Å². The lowest BCUT2D eigenvalue weighted by atomic mass is 10.2. The Balaban J connectivity index is 1.55. The van der Waals surface area contributed by atoms with Crippen LogP contribution in [0, 0.1) is 12.8 Å². The maximum atomic E-state index is 12.6. The molecular weight excluding hydrogens is 426 g/mol. The molecule has 1 amide bonds. The summed E-state index contributed by atoms with van der Waals surface area (Å²) < 4.78 is 31.0. The van der Waals surface area contributed by atoms with Gasteiger partial charge >= 0.3 is 0 Å². The second kappa shape index (κ2) is 8.76. The molecule has 1 aliphatic rings. The molecule has 0 spiro atoms. The summed E-state index contributed by atoms with van der Waals surface area (Å²) in [5.74, 6) is 0.558. The van der Waals surface area contributed by atoms with E-state index in [-0.39, 0.29) is 0 Å². The monoisotopic (exact) mass is 453 g/mol. The number of aromatic nitrogens is 3. The van der Waals surface area contributed by atoms with Crippen LogP contribution in [0.2, 0.25) is 0 Å². The molecule has 0 saturated heterocycles. The van der Waals surface area contributed by atoms with Gasteiger partial charge in [-0.2, -0.15) is 5.10 Å². The Morgan fingerprint density at radius 1 is 1.31 bits per heavy atom. The molecule has 0 bridgehead atoms. The van der Waals surface area contributed by atoms with E-state index >= 15 is 0 Å². The molecule has 4 rings (SSSR count). The number of hydrogen-bond acceptors (Lipinski definition) is 5. The van der Waals surface area contributed by atoms with E-state index in [2.05, 4.69) is 21.7 Å². The quantitative estimate of drug-likeness (QED) is 0.383. The van der Waals surface area contributed by atoms with Gasteiger partial charge in [0.1, 0.15) is 11.2 Å². The standard InChI is InChI=1S/C23H27N5O3S/c1-4-22(24-15-17-9-10-17)32(30,31)26-21(29)12-11-19-16(2)25-27(3)23(19)28-14-13-18-7-5-6-8-20(18)28/h4-8,11-14,17,22,24H,1,9-10,15H2,2-3H3,(H,26,29)/b12-11+. The van der Waals surface area contributed by atoms with Crippen LogP contribution in [0.1, 0.15) is 24.1 Å². The summed E-state index contributed by atoms with van der Waals surface area (Å²) in [7, 11) is -2.10. The number of amides is 1. The third kappa shape index (κ3) is 4.53. The predicted molar refractivity (Wildman–Crippen MR) is 126 cm³/mol.